The predicted octanol–water partition coefficient (Wildman–Crippen LogP) is 0.0861. The van der Waals surface area contributed by atoms with E-state index in [9.17, 15) is 4.39 Å². The third kappa shape index (κ3) is 3.25. The molecule has 1 aliphatic heterocycles. The van der Waals surface area contributed by atoms with Crippen LogP contribution in [0.4, 0.5) is 4.39 Å². The minimum Gasteiger partial charge on any atom is -0.466 e. The first-order valence-electron chi connectivity index (χ1n) is 5.59. The summed E-state index contributed by atoms with van der Waals surface area (Å²) in [7, 11) is 4.02. The van der Waals surface area contributed by atoms with Crippen molar-refractivity contribution < 1.29 is 14.0 Å². The molecule has 1 aromatic heterocycles. The fourth-order valence-corrected chi connectivity index (χ4v) is 1.99. The summed E-state index contributed by atoms with van der Waals surface area (Å²) in [6.45, 7) is 3.46. The highest BCUT2D eigenvalue weighted by Crippen LogP contribution is 2.07. The monoisotopic (exact) mass is 224 g/mol. The SMILES string of the molecule is [CH2-][NH+]1CCOCC(Cc2ccc(F)cn2)C1. The van der Waals surface area contributed by atoms with E-state index < -0.39 is 0 Å². The summed E-state index contributed by atoms with van der Waals surface area (Å²) in [5.74, 6) is 0.137. The maximum Gasteiger partial charge on any atom is 0.141 e. The number of nitrogens with one attached hydrogen (secondary N) is 1. The molecule has 2 heterocycles. The van der Waals surface area contributed by atoms with Gasteiger partial charge in [-0.2, -0.15) is 7.05 Å². The number of hydrogen-bond acceptors (Lipinski definition) is 2. The Morgan fingerprint density at radius 1 is 1.56 bits per heavy atom. The van der Waals surface area contributed by atoms with Crippen LogP contribution in [0.1, 0.15) is 5.69 Å². The number of ether oxygens (including phenoxy) is 1. The van der Waals surface area contributed by atoms with Gasteiger partial charge in [-0.3, -0.25) is 4.98 Å². The van der Waals surface area contributed by atoms with Crippen molar-refractivity contribution in [1.29, 1.82) is 0 Å². The van der Waals surface area contributed by atoms with E-state index in [2.05, 4.69) is 12.0 Å². The molecule has 1 aliphatic rings. The lowest BCUT2D eigenvalue weighted by Gasteiger charge is -2.21. The third-order valence-electron chi connectivity index (χ3n) is 2.82. The molecular weight excluding hydrogens is 207 g/mol. The van der Waals surface area contributed by atoms with Crippen molar-refractivity contribution in [2.24, 2.45) is 5.92 Å². The Morgan fingerprint density at radius 2 is 2.44 bits per heavy atom. The van der Waals surface area contributed by atoms with Gasteiger partial charge in [0.1, 0.15) is 5.82 Å². The minimum absolute atomic E-state index is 0.287. The molecule has 0 amide bonds. The Kier molecular flexibility index (Phi) is 3.85. The summed E-state index contributed by atoms with van der Waals surface area (Å²) in [5, 5.41) is 0. The Bertz CT molecular complexity index is 328. The van der Waals surface area contributed by atoms with Gasteiger partial charge in [0.25, 0.3) is 0 Å². The molecule has 88 valence electrons. The van der Waals surface area contributed by atoms with Gasteiger partial charge in [-0.15, -0.1) is 0 Å². The van der Waals surface area contributed by atoms with Crippen LogP contribution in [0.3, 0.4) is 0 Å². The fraction of sp³-hybridized carbons (Fsp3) is 0.500. The first-order chi connectivity index (χ1) is 7.74. The molecule has 2 atom stereocenters. The van der Waals surface area contributed by atoms with Gasteiger partial charge in [0.2, 0.25) is 0 Å². The summed E-state index contributed by atoms with van der Waals surface area (Å²) < 4.78 is 18.2. The van der Waals surface area contributed by atoms with Crippen LogP contribution in [-0.2, 0) is 11.2 Å². The van der Waals surface area contributed by atoms with Crippen molar-refractivity contribution in [1.82, 2.24) is 4.98 Å². The topological polar surface area (TPSA) is 26.6 Å². The van der Waals surface area contributed by atoms with Crippen LogP contribution in [0.15, 0.2) is 18.3 Å². The largest absolute Gasteiger partial charge is 0.466 e. The molecule has 1 aromatic rings. The zero-order chi connectivity index (χ0) is 11.4. The third-order valence-corrected chi connectivity index (χ3v) is 2.82. The quantitative estimate of drug-likeness (QED) is 0.721. The molecule has 2 rings (SSSR count). The van der Waals surface area contributed by atoms with Gasteiger partial charge >= 0.3 is 0 Å². The number of halogens is 1. The Balaban J connectivity index is 1.95. The highest BCUT2D eigenvalue weighted by Gasteiger charge is 2.17. The van der Waals surface area contributed by atoms with Crippen molar-refractivity contribution >= 4 is 0 Å². The lowest BCUT2D eigenvalue weighted by Crippen LogP contribution is -3.07. The molecule has 0 bridgehead atoms. The molecule has 0 aromatic carbocycles. The highest BCUT2D eigenvalue weighted by atomic mass is 19.1. The van der Waals surface area contributed by atoms with Crippen molar-refractivity contribution in [3.63, 3.8) is 0 Å². The van der Waals surface area contributed by atoms with E-state index in [0.29, 0.717) is 5.92 Å². The van der Waals surface area contributed by atoms with Gasteiger partial charge in [0.05, 0.1) is 32.5 Å². The van der Waals surface area contributed by atoms with E-state index in [-0.39, 0.29) is 5.82 Å². The van der Waals surface area contributed by atoms with E-state index in [1.807, 2.05) is 0 Å². The molecule has 4 heteroatoms. The molecule has 3 nitrogen and oxygen atoms in total. The maximum atomic E-state index is 12.7. The first-order valence-corrected chi connectivity index (χ1v) is 5.59. The summed E-state index contributed by atoms with van der Waals surface area (Å²) in [6, 6.07) is 3.19. The fourth-order valence-electron chi connectivity index (χ4n) is 1.99. The van der Waals surface area contributed by atoms with Gasteiger partial charge in [-0.05, 0) is 18.6 Å². The van der Waals surface area contributed by atoms with Gasteiger partial charge in [0, 0.05) is 11.6 Å². The van der Waals surface area contributed by atoms with Crippen LogP contribution in [0, 0.1) is 18.8 Å². The second-order valence-electron chi connectivity index (χ2n) is 4.32. The second-order valence-corrected chi connectivity index (χ2v) is 4.32. The van der Waals surface area contributed by atoms with E-state index in [4.69, 9.17) is 4.74 Å². The van der Waals surface area contributed by atoms with E-state index in [1.165, 1.54) is 17.2 Å². The summed E-state index contributed by atoms with van der Waals surface area (Å²) in [6.07, 6.45) is 2.10. The lowest BCUT2D eigenvalue weighted by molar-refractivity contribution is -0.855. The van der Waals surface area contributed by atoms with Crippen LogP contribution < -0.4 is 4.90 Å². The zero-order valence-electron chi connectivity index (χ0n) is 9.29. The number of quaternary nitrogens is 1. The van der Waals surface area contributed by atoms with Crippen molar-refractivity contribution in [3.8, 4) is 0 Å². The minimum atomic E-state index is -0.287. The molecule has 1 fully saturated rings. The van der Waals surface area contributed by atoms with Gasteiger partial charge in [0.15, 0.2) is 0 Å². The molecule has 1 N–H and O–H groups in total. The van der Waals surface area contributed by atoms with Crippen LogP contribution in [0.2, 0.25) is 0 Å². The number of rotatable bonds is 2. The average molecular weight is 224 g/mol. The summed E-state index contributed by atoms with van der Waals surface area (Å²) in [5.41, 5.74) is 0.921. The number of hydrogen-bond donors (Lipinski definition) is 1. The van der Waals surface area contributed by atoms with E-state index in [0.717, 1.165) is 38.4 Å². The smallest absolute Gasteiger partial charge is 0.141 e. The average Bonchev–Trinajstić information content (AvgIpc) is 2.46. The number of pyridine rings is 1. The standard InChI is InChI=1S/C12H17FN2O/c1-15-4-5-16-9-10(8-15)6-12-3-2-11(13)7-14-12/h2-3,7,10,15H,1,4-6,8-9H2. The van der Waals surface area contributed by atoms with Crippen LogP contribution in [0.25, 0.3) is 0 Å². The lowest BCUT2D eigenvalue weighted by atomic mass is 10.0. The molecule has 0 radical (unpaired) electrons. The molecule has 0 spiro atoms. The molecule has 0 aliphatic carbocycles. The molecule has 0 saturated carbocycles. The van der Waals surface area contributed by atoms with Crippen LogP contribution in [0.5, 0.6) is 0 Å². The van der Waals surface area contributed by atoms with Gasteiger partial charge in [-0.25, -0.2) is 4.39 Å². The maximum absolute atomic E-state index is 12.7. The molecule has 1 saturated heterocycles. The Hall–Kier alpha value is -1.00. The molecule has 16 heavy (non-hydrogen) atoms. The first kappa shape index (κ1) is 11.5. The zero-order valence-corrected chi connectivity index (χ0v) is 9.29. The Morgan fingerprint density at radius 3 is 3.19 bits per heavy atom. The van der Waals surface area contributed by atoms with Crippen molar-refractivity contribution in [3.05, 3.63) is 36.9 Å². The van der Waals surface area contributed by atoms with Crippen LogP contribution >= 0.6 is 0 Å². The number of nitrogens with zero attached hydrogens (tertiary/aromatic N) is 1. The van der Waals surface area contributed by atoms with Gasteiger partial charge < -0.3 is 9.64 Å². The summed E-state index contributed by atoms with van der Waals surface area (Å²) >= 11 is 0. The highest BCUT2D eigenvalue weighted by molar-refractivity contribution is 5.06. The van der Waals surface area contributed by atoms with Crippen LogP contribution in [-0.4, -0.2) is 31.3 Å². The predicted molar refractivity (Wildman–Crippen MR) is 58.3 cm³/mol. The van der Waals surface area contributed by atoms with Crippen molar-refractivity contribution in [2.75, 3.05) is 26.3 Å². The normalized spacial score (nSPS) is 26.4. The van der Waals surface area contributed by atoms with Crippen molar-refractivity contribution in [2.45, 2.75) is 6.42 Å². The second kappa shape index (κ2) is 5.37. The molecular formula is C12H17FN2O. The Labute approximate surface area is 95.2 Å². The van der Waals surface area contributed by atoms with E-state index in [1.54, 1.807) is 6.07 Å². The summed E-state index contributed by atoms with van der Waals surface area (Å²) in [4.78, 5) is 5.31. The van der Waals surface area contributed by atoms with Gasteiger partial charge in [-0.1, -0.05) is 0 Å². The molecule has 2 unspecified atom stereocenters. The van der Waals surface area contributed by atoms with E-state index >= 15 is 0 Å². The number of aromatic nitrogens is 1.